The van der Waals surface area contributed by atoms with Gasteiger partial charge in [-0.1, -0.05) is 56.0 Å². The van der Waals surface area contributed by atoms with E-state index in [1.165, 1.54) is 12.1 Å². The van der Waals surface area contributed by atoms with Crippen molar-refractivity contribution in [2.45, 2.75) is 43.9 Å². The summed E-state index contributed by atoms with van der Waals surface area (Å²) >= 11 is 0. The maximum atomic E-state index is 13.7. The van der Waals surface area contributed by atoms with E-state index in [2.05, 4.69) is 5.32 Å². The number of carbonyl (C=O) groups excluding carboxylic acids is 2. The van der Waals surface area contributed by atoms with Gasteiger partial charge in [0.1, 0.15) is 5.82 Å². The summed E-state index contributed by atoms with van der Waals surface area (Å²) in [6.45, 7) is 0. The summed E-state index contributed by atoms with van der Waals surface area (Å²) in [5, 5.41) is 2.89. The van der Waals surface area contributed by atoms with Gasteiger partial charge in [-0.15, -0.1) is 0 Å². The van der Waals surface area contributed by atoms with Crippen LogP contribution in [0.3, 0.4) is 0 Å². The summed E-state index contributed by atoms with van der Waals surface area (Å²) in [7, 11) is 0. The number of primary amides is 1. The normalized spacial score (nSPS) is 16.5. The summed E-state index contributed by atoms with van der Waals surface area (Å²) < 4.78 is 13.7. The zero-order valence-electron chi connectivity index (χ0n) is 14.6. The van der Waals surface area contributed by atoms with Crippen LogP contribution in [0.15, 0.2) is 48.5 Å². The molecule has 0 aliphatic heterocycles. The zero-order chi connectivity index (χ0) is 18.6. The third-order valence-electron chi connectivity index (χ3n) is 5.21. The zero-order valence-corrected chi connectivity index (χ0v) is 14.6. The van der Waals surface area contributed by atoms with Crippen LogP contribution in [0, 0.1) is 5.82 Å². The van der Waals surface area contributed by atoms with Crippen LogP contribution in [0.25, 0.3) is 0 Å². The predicted molar refractivity (Wildman–Crippen MR) is 99.4 cm³/mol. The Kier molecular flexibility index (Phi) is 5.35. The van der Waals surface area contributed by atoms with E-state index in [-0.39, 0.29) is 11.5 Å². The van der Waals surface area contributed by atoms with Crippen molar-refractivity contribution in [2.75, 3.05) is 5.32 Å². The molecule has 5 heteroatoms. The van der Waals surface area contributed by atoms with Crippen LogP contribution in [0.2, 0.25) is 0 Å². The highest BCUT2D eigenvalue weighted by Crippen LogP contribution is 2.39. The van der Waals surface area contributed by atoms with Crippen molar-refractivity contribution in [1.82, 2.24) is 0 Å². The van der Waals surface area contributed by atoms with E-state index in [1.54, 1.807) is 0 Å². The average Bonchev–Trinajstić information content (AvgIpc) is 2.91. The van der Waals surface area contributed by atoms with Crippen LogP contribution in [0.4, 0.5) is 10.1 Å². The number of hydrogen-bond acceptors (Lipinski definition) is 2. The van der Waals surface area contributed by atoms with E-state index in [1.807, 2.05) is 30.3 Å². The van der Waals surface area contributed by atoms with Crippen LogP contribution in [0.1, 0.15) is 54.4 Å². The molecule has 3 rings (SSSR count). The molecule has 0 spiro atoms. The lowest BCUT2D eigenvalue weighted by atomic mass is 9.73. The number of nitrogens with two attached hydrogens (primary N) is 1. The monoisotopic (exact) mass is 354 g/mol. The molecule has 0 aromatic heterocycles. The minimum absolute atomic E-state index is 0.118. The molecule has 26 heavy (non-hydrogen) atoms. The Balaban J connectivity index is 1.94. The molecule has 0 unspecified atom stereocenters. The summed E-state index contributed by atoms with van der Waals surface area (Å²) in [6.07, 6.45) is 5.74. The molecule has 0 bridgehead atoms. The minimum Gasteiger partial charge on any atom is -0.366 e. The first kappa shape index (κ1) is 18.1. The van der Waals surface area contributed by atoms with Gasteiger partial charge < -0.3 is 11.1 Å². The first-order chi connectivity index (χ1) is 12.5. The highest BCUT2D eigenvalue weighted by molar-refractivity contribution is 6.01. The molecule has 0 saturated heterocycles. The molecule has 3 N–H and O–H groups in total. The van der Waals surface area contributed by atoms with Crippen molar-refractivity contribution >= 4 is 17.5 Å². The molecule has 0 radical (unpaired) electrons. The van der Waals surface area contributed by atoms with Crippen LogP contribution in [0.5, 0.6) is 0 Å². The molecule has 1 saturated carbocycles. The lowest BCUT2D eigenvalue weighted by molar-refractivity contribution is -0.122. The quantitative estimate of drug-likeness (QED) is 0.810. The third-order valence-corrected chi connectivity index (χ3v) is 5.21. The van der Waals surface area contributed by atoms with Gasteiger partial charge in [0.15, 0.2) is 0 Å². The van der Waals surface area contributed by atoms with Crippen molar-refractivity contribution in [3.05, 3.63) is 65.5 Å². The third kappa shape index (κ3) is 3.62. The van der Waals surface area contributed by atoms with Crippen molar-refractivity contribution in [3.8, 4) is 0 Å². The van der Waals surface area contributed by atoms with Crippen molar-refractivity contribution in [3.63, 3.8) is 0 Å². The standard InChI is InChI=1S/C21H23FN2O2/c22-18-11-10-16(14-17(18)19(23)25)24-20(26)21(12-6-1-2-7-13-21)15-8-4-3-5-9-15/h3-5,8-11,14H,1-2,6-7,12-13H2,(H2,23,25)(H,24,26). The molecule has 1 fully saturated rings. The fraction of sp³-hybridized carbons (Fsp3) is 0.333. The van der Waals surface area contributed by atoms with Gasteiger partial charge in [-0.3, -0.25) is 9.59 Å². The second-order valence-corrected chi connectivity index (χ2v) is 6.88. The Morgan fingerprint density at radius 1 is 0.962 bits per heavy atom. The minimum atomic E-state index is -0.856. The van der Waals surface area contributed by atoms with Gasteiger partial charge >= 0.3 is 0 Å². The van der Waals surface area contributed by atoms with E-state index >= 15 is 0 Å². The highest BCUT2D eigenvalue weighted by atomic mass is 19.1. The van der Waals surface area contributed by atoms with Crippen LogP contribution < -0.4 is 11.1 Å². The summed E-state index contributed by atoms with van der Waals surface area (Å²) in [6, 6.07) is 13.7. The molecular formula is C21H23FN2O2. The van der Waals surface area contributed by atoms with Gasteiger partial charge in [0, 0.05) is 5.69 Å². The van der Waals surface area contributed by atoms with Gasteiger partial charge in [-0.05, 0) is 36.6 Å². The lowest BCUT2D eigenvalue weighted by Gasteiger charge is -2.32. The van der Waals surface area contributed by atoms with Crippen LogP contribution >= 0.6 is 0 Å². The maximum Gasteiger partial charge on any atom is 0.251 e. The highest BCUT2D eigenvalue weighted by Gasteiger charge is 2.40. The smallest absolute Gasteiger partial charge is 0.251 e. The van der Waals surface area contributed by atoms with Crippen molar-refractivity contribution < 1.29 is 14.0 Å². The van der Waals surface area contributed by atoms with E-state index in [0.29, 0.717) is 5.69 Å². The van der Waals surface area contributed by atoms with Crippen LogP contribution in [-0.2, 0) is 10.2 Å². The van der Waals surface area contributed by atoms with Gasteiger partial charge in [-0.25, -0.2) is 4.39 Å². The molecule has 1 aliphatic rings. The fourth-order valence-electron chi connectivity index (χ4n) is 3.78. The van der Waals surface area contributed by atoms with E-state index in [4.69, 9.17) is 5.73 Å². The van der Waals surface area contributed by atoms with Gasteiger partial charge in [0.05, 0.1) is 11.0 Å². The number of anilines is 1. The van der Waals surface area contributed by atoms with E-state index in [0.717, 1.165) is 50.2 Å². The summed E-state index contributed by atoms with van der Waals surface area (Å²) in [4.78, 5) is 24.6. The SMILES string of the molecule is NC(=O)c1cc(NC(=O)C2(c3ccccc3)CCCCCC2)ccc1F. The number of benzene rings is 2. The molecule has 2 aromatic rings. The largest absolute Gasteiger partial charge is 0.366 e. The molecule has 4 nitrogen and oxygen atoms in total. The summed E-state index contributed by atoms with van der Waals surface area (Å²) in [5.41, 5.74) is 5.74. The topological polar surface area (TPSA) is 72.2 Å². The Morgan fingerprint density at radius 3 is 2.23 bits per heavy atom. The van der Waals surface area contributed by atoms with Crippen molar-refractivity contribution in [2.24, 2.45) is 5.73 Å². The number of nitrogens with one attached hydrogen (secondary N) is 1. The molecular weight excluding hydrogens is 331 g/mol. The molecule has 2 amide bonds. The molecule has 0 heterocycles. The molecule has 0 atom stereocenters. The average molecular weight is 354 g/mol. The first-order valence-corrected chi connectivity index (χ1v) is 8.99. The Morgan fingerprint density at radius 2 is 1.62 bits per heavy atom. The second-order valence-electron chi connectivity index (χ2n) is 6.88. The molecule has 2 aromatic carbocycles. The number of hydrogen-bond donors (Lipinski definition) is 2. The molecule has 1 aliphatic carbocycles. The van der Waals surface area contributed by atoms with E-state index in [9.17, 15) is 14.0 Å². The first-order valence-electron chi connectivity index (χ1n) is 8.99. The van der Waals surface area contributed by atoms with Crippen molar-refractivity contribution in [1.29, 1.82) is 0 Å². The fourth-order valence-corrected chi connectivity index (χ4v) is 3.78. The Labute approximate surface area is 152 Å². The van der Waals surface area contributed by atoms with Gasteiger partial charge in [0.25, 0.3) is 5.91 Å². The van der Waals surface area contributed by atoms with E-state index < -0.39 is 17.1 Å². The second kappa shape index (κ2) is 7.68. The number of amides is 2. The number of carbonyl (C=O) groups is 2. The lowest BCUT2D eigenvalue weighted by Crippen LogP contribution is -2.40. The van der Waals surface area contributed by atoms with Gasteiger partial charge in [-0.2, -0.15) is 0 Å². The Bertz CT molecular complexity index is 797. The van der Waals surface area contributed by atoms with Crippen LogP contribution in [-0.4, -0.2) is 11.8 Å². The number of rotatable bonds is 4. The Hall–Kier alpha value is -2.69. The van der Waals surface area contributed by atoms with Gasteiger partial charge in [0.2, 0.25) is 5.91 Å². The summed E-state index contributed by atoms with van der Waals surface area (Å²) in [5.74, 6) is -1.67. The molecule has 136 valence electrons. The maximum absolute atomic E-state index is 13.7. The number of halogens is 1. The predicted octanol–water partition coefficient (Wildman–Crippen LogP) is 4.16.